The summed E-state index contributed by atoms with van der Waals surface area (Å²) in [4.78, 5) is 12.6. The van der Waals surface area contributed by atoms with E-state index in [0.717, 1.165) is 0 Å². The molecule has 82 valence electrons. The number of carbonyl (C=O) groups excluding carboxylic acids is 1. The predicted octanol–water partition coefficient (Wildman–Crippen LogP) is 3.87. The number of halogens is 2. The zero-order chi connectivity index (χ0) is 11.7. The van der Waals surface area contributed by atoms with Crippen molar-refractivity contribution >= 4 is 45.3 Å². The summed E-state index contributed by atoms with van der Waals surface area (Å²) in [5, 5.41) is 1.42. The number of nitrogens with two attached hydrogens (primary N) is 1. The summed E-state index contributed by atoms with van der Waals surface area (Å²) in [5.74, 6) is -0.0970. The van der Waals surface area contributed by atoms with Crippen LogP contribution in [0.3, 0.4) is 0 Å². The summed E-state index contributed by atoms with van der Waals surface area (Å²) in [5.41, 5.74) is 6.08. The lowest BCUT2D eigenvalue weighted by Gasteiger charge is -2.00. The molecular weight excluding hydrogens is 265 g/mol. The summed E-state index contributed by atoms with van der Waals surface area (Å²) in [6, 6.07) is 8.21. The highest BCUT2D eigenvalue weighted by molar-refractivity contribution is 7.17. The maximum absolute atomic E-state index is 12.0. The van der Waals surface area contributed by atoms with Crippen LogP contribution in [0.15, 0.2) is 30.3 Å². The van der Waals surface area contributed by atoms with Gasteiger partial charge in [-0.05, 0) is 30.3 Å². The van der Waals surface area contributed by atoms with Crippen LogP contribution in [-0.2, 0) is 0 Å². The van der Waals surface area contributed by atoms with Gasteiger partial charge < -0.3 is 5.73 Å². The van der Waals surface area contributed by atoms with E-state index in [1.54, 1.807) is 30.3 Å². The van der Waals surface area contributed by atoms with Gasteiger partial charge in [-0.15, -0.1) is 11.3 Å². The second-order valence-corrected chi connectivity index (χ2v) is 5.09. The van der Waals surface area contributed by atoms with Gasteiger partial charge in [0.15, 0.2) is 0 Å². The Morgan fingerprint density at radius 2 is 1.88 bits per heavy atom. The molecule has 0 fully saturated rings. The molecule has 0 spiro atoms. The van der Waals surface area contributed by atoms with Crippen molar-refractivity contribution in [3.8, 4) is 0 Å². The molecule has 16 heavy (non-hydrogen) atoms. The molecule has 1 heterocycles. The lowest BCUT2D eigenvalue weighted by atomic mass is 10.1. The number of carbonyl (C=O) groups is 1. The minimum Gasteiger partial charge on any atom is -0.391 e. The smallest absolute Gasteiger partial charge is 0.203 e. The first-order chi connectivity index (χ1) is 7.58. The summed E-state index contributed by atoms with van der Waals surface area (Å²) >= 11 is 12.9. The molecule has 2 nitrogen and oxygen atoms in total. The highest BCUT2D eigenvalue weighted by atomic mass is 35.5. The minimum absolute atomic E-state index is 0.0970. The lowest BCUT2D eigenvalue weighted by molar-refractivity contribution is 0.104. The van der Waals surface area contributed by atoms with Gasteiger partial charge in [-0.25, -0.2) is 0 Å². The van der Waals surface area contributed by atoms with Crippen LogP contribution >= 0.6 is 34.5 Å². The average Bonchev–Trinajstić information content (AvgIpc) is 2.68. The van der Waals surface area contributed by atoms with Gasteiger partial charge in [-0.2, -0.15) is 0 Å². The molecule has 0 radical (unpaired) electrons. The lowest BCUT2D eigenvalue weighted by Crippen LogP contribution is -1.98. The molecule has 0 amide bonds. The van der Waals surface area contributed by atoms with Crippen LogP contribution in [0.2, 0.25) is 10.0 Å². The van der Waals surface area contributed by atoms with Gasteiger partial charge in [0.05, 0.1) is 19.9 Å². The Balaban J connectivity index is 2.38. The Morgan fingerprint density at radius 3 is 2.44 bits per heavy atom. The summed E-state index contributed by atoms with van der Waals surface area (Å²) in [7, 11) is 0. The van der Waals surface area contributed by atoms with Crippen molar-refractivity contribution in [2.75, 3.05) is 5.73 Å². The van der Waals surface area contributed by atoms with Gasteiger partial charge in [-0.1, -0.05) is 23.2 Å². The second kappa shape index (κ2) is 4.45. The molecule has 0 aliphatic heterocycles. The van der Waals surface area contributed by atoms with E-state index in [1.807, 2.05) is 0 Å². The van der Waals surface area contributed by atoms with Crippen molar-refractivity contribution in [3.63, 3.8) is 0 Å². The molecule has 2 rings (SSSR count). The van der Waals surface area contributed by atoms with Crippen LogP contribution < -0.4 is 5.73 Å². The summed E-state index contributed by atoms with van der Waals surface area (Å²) in [6.45, 7) is 0. The molecule has 2 N–H and O–H groups in total. The Bertz CT molecular complexity index is 551. The standard InChI is InChI=1S/C11H7Cl2NOS/c12-7-2-1-6(5-8(7)13)11(15)9-3-4-10(14)16-9/h1-5H,14H2. The van der Waals surface area contributed by atoms with Gasteiger partial charge in [0.2, 0.25) is 5.78 Å². The predicted molar refractivity (Wildman–Crippen MR) is 68.6 cm³/mol. The van der Waals surface area contributed by atoms with E-state index < -0.39 is 0 Å². The first-order valence-electron chi connectivity index (χ1n) is 4.43. The highest BCUT2D eigenvalue weighted by Crippen LogP contribution is 2.26. The van der Waals surface area contributed by atoms with E-state index >= 15 is 0 Å². The van der Waals surface area contributed by atoms with E-state index in [-0.39, 0.29) is 5.78 Å². The van der Waals surface area contributed by atoms with E-state index in [9.17, 15) is 4.79 Å². The third-order valence-corrected chi connectivity index (χ3v) is 3.68. The molecular formula is C11H7Cl2NOS. The van der Waals surface area contributed by atoms with Crippen LogP contribution in [-0.4, -0.2) is 5.78 Å². The molecule has 0 unspecified atom stereocenters. The van der Waals surface area contributed by atoms with Gasteiger partial charge in [-0.3, -0.25) is 4.79 Å². The SMILES string of the molecule is Nc1ccc(C(=O)c2ccc(Cl)c(Cl)c2)s1. The van der Waals surface area contributed by atoms with Crippen LogP contribution in [0.4, 0.5) is 5.00 Å². The fourth-order valence-corrected chi connectivity index (χ4v) is 2.29. The monoisotopic (exact) mass is 271 g/mol. The van der Waals surface area contributed by atoms with Crippen LogP contribution in [0, 0.1) is 0 Å². The van der Waals surface area contributed by atoms with Crippen molar-refractivity contribution in [1.82, 2.24) is 0 Å². The van der Waals surface area contributed by atoms with Crippen LogP contribution in [0.1, 0.15) is 15.2 Å². The minimum atomic E-state index is -0.0970. The van der Waals surface area contributed by atoms with Gasteiger partial charge in [0.1, 0.15) is 0 Å². The molecule has 1 aromatic heterocycles. The third-order valence-electron chi connectivity index (χ3n) is 2.03. The normalized spacial score (nSPS) is 10.4. The molecule has 0 saturated heterocycles. The molecule has 5 heteroatoms. The zero-order valence-corrected chi connectivity index (χ0v) is 10.4. The maximum atomic E-state index is 12.0. The number of hydrogen-bond donors (Lipinski definition) is 1. The van der Waals surface area contributed by atoms with E-state index in [2.05, 4.69) is 0 Å². The van der Waals surface area contributed by atoms with E-state index in [4.69, 9.17) is 28.9 Å². The zero-order valence-electron chi connectivity index (χ0n) is 8.04. The van der Waals surface area contributed by atoms with Crippen molar-refractivity contribution in [2.45, 2.75) is 0 Å². The fourth-order valence-electron chi connectivity index (χ4n) is 1.25. The Morgan fingerprint density at radius 1 is 1.12 bits per heavy atom. The molecule has 2 aromatic rings. The largest absolute Gasteiger partial charge is 0.391 e. The molecule has 0 aliphatic rings. The molecule has 0 bridgehead atoms. The quantitative estimate of drug-likeness (QED) is 0.843. The molecule has 0 atom stereocenters. The Hall–Kier alpha value is -1.03. The first kappa shape index (κ1) is 11.5. The van der Waals surface area contributed by atoms with Crippen molar-refractivity contribution < 1.29 is 4.79 Å². The number of nitrogen functional groups attached to an aromatic ring is 1. The molecule has 1 aromatic carbocycles. The topological polar surface area (TPSA) is 43.1 Å². The van der Waals surface area contributed by atoms with E-state index in [1.165, 1.54) is 11.3 Å². The maximum Gasteiger partial charge on any atom is 0.203 e. The average molecular weight is 272 g/mol. The van der Waals surface area contributed by atoms with Crippen LogP contribution in [0.5, 0.6) is 0 Å². The molecule has 0 aliphatic carbocycles. The number of benzene rings is 1. The highest BCUT2D eigenvalue weighted by Gasteiger charge is 2.12. The van der Waals surface area contributed by atoms with Crippen molar-refractivity contribution in [2.24, 2.45) is 0 Å². The van der Waals surface area contributed by atoms with Gasteiger partial charge in [0, 0.05) is 5.56 Å². The summed E-state index contributed by atoms with van der Waals surface area (Å²) < 4.78 is 0. The first-order valence-corrected chi connectivity index (χ1v) is 6.00. The Labute approximate surface area is 107 Å². The number of hydrogen-bond acceptors (Lipinski definition) is 3. The Kier molecular flexibility index (Phi) is 3.19. The number of ketones is 1. The van der Waals surface area contributed by atoms with E-state index in [0.29, 0.717) is 25.5 Å². The van der Waals surface area contributed by atoms with Crippen molar-refractivity contribution in [3.05, 3.63) is 50.8 Å². The number of rotatable bonds is 2. The second-order valence-electron chi connectivity index (χ2n) is 3.16. The fraction of sp³-hybridized carbons (Fsp3) is 0. The van der Waals surface area contributed by atoms with Crippen molar-refractivity contribution in [1.29, 1.82) is 0 Å². The number of anilines is 1. The van der Waals surface area contributed by atoms with Gasteiger partial charge in [0.25, 0.3) is 0 Å². The molecule has 0 saturated carbocycles. The van der Waals surface area contributed by atoms with Crippen LogP contribution in [0.25, 0.3) is 0 Å². The number of thiophene rings is 1. The van der Waals surface area contributed by atoms with Gasteiger partial charge >= 0.3 is 0 Å². The summed E-state index contributed by atoms with van der Waals surface area (Å²) in [6.07, 6.45) is 0. The third kappa shape index (κ3) is 2.21.